The van der Waals surface area contributed by atoms with Crippen LogP contribution in [-0.2, 0) is 30.8 Å². The van der Waals surface area contributed by atoms with E-state index in [1.165, 1.54) is 0 Å². The number of carbonyl (C=O) groups is 1. The van der Waals surface area contributed by atoms with Gasteiger partial charge in [0.05, 0.1) is 18.8 Å². The first kappa shape index (κ1) is 18.8. The second-order valence-electron chi connectivity index (χ2n) is 8.37. The average Bonchev–Trinajstić information content (AvgIpc) is 3.37. The summed E-state index contributed by atoms with van der Waals surface area (Å²) >= 11 is 0. The molecule has 2 aromatic heterocycles. The average molecular weight is 406 g/mol. The molecule has 2 atom stereocenters. The molecule has 1 fully saturated rings. The van der Waals surface area contributed by atoms with Crippen molar-refractivity contribution in [3.8, 4) is 0 Å². The SMILES string of the molecule is Cc1cnn(CCC(=O)N2[C@@H]3CC[C@H]2Cc2nn(Cc4ccccc4)c(=O)n2C3)c1. The van der Waals surface area contributed by atoms with Crippen LogP contribution < -0.4 is 5.69 Å². The van der Waals surface area contributed by atoms with Crippen LogP contribution in [-0.4, -0.2) is 47.0 Å². The highest BCUT2D eigenvalue weighted by Crippen LogP contribution is 2.31. The number of aryl methyl sites for hydroxylation is 2. The van der Waals surface area contributed by atoms with Crippen LogP contribution in [0.1, 0.15) is 36.2 Å². The second-order valence-corrected chi connectivity index (χ2v) is 8.37. The van der Waals surface area contributed by atoms with Crippen molar-refractivity contribution in [1.29, 1.82) is 0 Å². The maximum atomic E-state index is 13.0. The molecule has 5 rings (SSSR count). The van der Waals surface area contributed by atoms with Crippen molar-refractivity contribution >= 4 is 5.91 Å². The fourth-order valence-corrected chi connectivity index (χ4v) is 4.78. The molecule has 1 aromatic carbocycles. The lowest BCUT2D eigenvalue weighted by Gasteiger charge is -2.28. The molecule has 3 aromatic rings. The van der Waals surface area contributed by atoms with Gasteiger partial charge in [-0.15, -0.1) is 0 Å². The van der Waals surface area contributed by atoms with Crippen LogP contribution in [0.5, 0.6) is 0 Å². The molecule has 8 nitrogen and oxygen atoms in total. The van der Waals surface area contributed by atoms with E-state index < -0.39 is 0 Å². The minimum atomic E-state index is -0.0826. The van der Waals surface area contributed by atoms with E-state index in [2.05, 4.69) is 10.2 Å². The Morgan fingerprint density at radius 3 is 2.73 bits per heavy atom. The molecule has 0 radical (unpaired) electrons. The van der Waals surface area contributed by atoms with Gasteiger partial charge in [-0.1, -0.05) is 30.3 Å². The third-order valence-electron chi connectivity index (χ3n) is 6.21. The smallest absolute Gasteiger partial charge is 0.334 e. The number of amides is 1. The van der Waals surface area contributed by atoms with Gasteiger partial charge in [-0.05, 0) is 30.9 Å². The topological polar surface area (TPSA) is 78.0 Å². The Kier molecular flexibility index (Phi) is 4.77. The normalized spacial score (nSPS) is 20.2. The molecule has 0 N–H and O–H groups in total. The lowest BCUT2D eigenvalue weighted by Crippen LogP contribution is -2.43. The van der Waals surface area contributed by atoms with Crippen molar-refractivity contribution in [2.24, 2.45) is 0 Å². The summed E-state index contributed by atoms with van der Waals surface area (Å²) in [4.78, 5) is 28.0. The van der Waals surface area contributed by atoms with Crippen LogP contribution in [0.4, 0.5) is 0 Å². The Morgan fingerprint density at radius 1 is 1.17 bits per heavy atom. The Balaban J connectivity index is 1.32. The van der Waals surface area contributed by atoms with E-state index in [0.29, 0.717) is 32.5 Å². The molecular formula is C22H26N6O2. The van der Waals surface area contributed by atoms with Gasteiger partial charge in [0.25, 0.3) is 0 Å². The Morgan fingerprint density at radius 2 is 1.97 bits per heavy atom. The predicted molar refractivity (Wildman–Crippen MR) is 111 cm³/mol. The van der Waals surface area contributed by atoms with E-state index in [9.17, 15) is 9.59 Å². The molecule has 0 unspecified atom stereocenters. The monoisotopic (exact) mass is 406 g/mol. The Hall–Kier alpha value is -3.16. The zero-order chi connectivity index (χ0) is 20.7. The highest BCUT2D eigenvalue weighted by atomic mass is 16.2. The van der Waals surface area contributed by atoms with Crippen molar-refractivity contribution in [3.63, 3.8) is 0 Å². The first-order valence-corrected chi connectivity index (χ1v) is 10.6. The van der Waals surface area contributed by atoms with Gasteiger partial charge in [0, 0.05) is 38.2 Å². The van der Waals surface area contributed by atoms with Crippen LogP contribution in [0.2, 0.25) is 0 Å². The molecule has 0 saturated carbocycles. The van der Waals surface area contributed by atoms with Crippen molar-refractivity contribution in [2.45, 2.75) is 64.3 Å². The largest absolute Gasteiger partial charge is 0.346 e. The van der Waals surface area contributed by atoms with Crippen molar-refractivity contribution in [1.82, 2.24) is 29.0 Å². The van der Waals surface area contributed by atoms with E-state index in [-0.39, 0.29) is 23.7 Å². The molecular weight excluding hydrogens is 380 g/mol. The lowest BCUT2D eigenvalue weighted by molar-refractivity contribution is -0.134. The minimum absolute atomic E-state index is 0.0650. The summed E-state index contributed by atoms with van der Waals surface area (Å²) in [6.45, 7) is 3.58. The van der Waals surface area contributed by atoms with Gasteiger partial charge in [0.2, 0.25) is 5.91 Å². The molecule has 0 aliphatic carbocycles. The summed E-state index contributed by atoms with van der Waals surface area (Å²) < 4.78 is 5.16. The number of hydrogen-bond acceptors (Lipinski definition) is 4. The number of rotatable bonds is 5. The Labute approximate surface area is 174 Å². The van der Waals surface area contributed by atoms with Crippen LogP contribution in [0, 0.1) is 6.92 Å². The van der Waals surface area contributed by atoms with Gasteiger partial charge in [0.1, 0.15) is 5.82 Å². The van der Waals surface area contributed by atoms with Gasteiger partial charge < -0.3 is 4.90 Å². The van der Waals surface area contributed by atoms with Crippen molar-refractivity contribution in [2.75, 3.05) is 0 Å². The van der Waals surface area contributed by atoms with Crippen LogP contribution in [0.25, 0.3) is 0 Å². The highest BCUT2D eigenvalue weighted by molar-refractivity contribution is 5.77. The molecule has 1 saturated heterocycles. The maximum Gasteiger partial charge on any atom is 0.346 e. The van der Waals surface area contributed by atoms with E-state index in [0.717, 1.165) is 29.8 Å². The summed E-state index contributed by atoms with van der Waals surface area (Å²) in [5, 5.41) is 8.90. The minimum Gasteiger partial charge on any atom is -0.334 e. The molecule has 0 spiro atoms. The standard InChI is InChI=1S/C22H26N6O2/c1-16-12-23-25(13-16)10-9-21(29)28-18-7-8-19(28)15-26-20(11-18)24-27(22(26)30)14-17-5-3-2-4-6-17/h2-6,12-13,18-19H,7-11,14-15H2,1H3/t18-,19+/m0/s1. The van der Waals surface area contributed by atoms with Gasteiger partial charge in [0.15, 0.2) is 0 Å². The third-order valence-corrected chi connectivity index (χ3v) is 6.21. The molecule has 2 aliphatic heterocycles. The van der Waals surface area contributed by atoms with E-state index in [1.807, 2.05) is 53.0 Å². The molecule has 4 heterocycles. The first-order chi connectivity index (χ1) is 14.6. The van der Waals surface area contributed by atoms with Gasteiger partial charge in [-0.25, -0.2) is 9.48 Å². The third kappa shape index (κ3) is 3.46. The van der Waals surface area contributed by atoms with Crippen molar-refractivity contribution in [3.05, 3.63) is 70.2 Å². The van der Waals surface area contributed by atoms with E-state index in [1.54, 1.807) is 15.4 Å². The van der Waals surface area contributed by atoms with E-state index in [4.69, 9.17) is 0 Å². The second kappa shape index (κ2) is 7.59. The van der Waals surface area contributed by atoms with Crippen LogP contribution >= 0.6 is 0 Å². The number of fused-ring (bicyclic) bond motifs is 3. The summed E-state index contributed by atoms with van der Waals surface area (Å²) in [5.41, 5.74) is 2.07. The number of hydrogen-bond donors (Lipinski definition) is 0. The summed E-state index contributed by atoms with van der Waals surface area (Å²) in [6.07, 6.45) is 6.73. The molecule has 30 heavy (non-hydrogen) atoms. The van der Waals surface area contributed by atoms with E-state index >= 15 is 0 Å². The molecule has 156 valence electrons. The quantitative estimate of drug-likeness (QED) is 0.645. The molecule has 8 heteroatoms. The molecule has 2 bridgehead atoms. The van der Waals surface area contributed by atoms with Crippen LogP contribution in [0.3, 0.4) is 0 Å². The van der Waals surface area contributed by atoms with Crippen LogP contribution in [0.15, 0.2) is 47.5 Å². The maximum absolute atomic E-state index is 13.0. The lowest BCUT2D eigenvalue weighted by atomic mass is 10.1. The molecule has 2 aliphatic rings. The van der Waals surface area contributed by atoms with Crippen molar-refractivity contribution < 1.29 is 4.79 Å². The Bertz CT molecular complexity index is 1110. The summed E-state index contributed by atoms with van der Waals surface area (Å²) in [7, 11) is 0. The summed E-state index contributed by atoms with van der Waals surface area (Å²) in [5.74, 6) is 0.939. The zero-order valence-corrected chi connectivity index (χ0v) is 17.1. The predicted octanol–water partition coefficient (Wildman–Crippen LogP) is 1.60. The number of carbonyl (C=O) groups excluding carboxylic acids is 1. The number of benzene rings is 1. The first-order valence-electron chi connectivity index (χ1n) is 10.6. The zero-order valence-electron chi connectivity index (χ0n) is 17.1. The number of aromatic nitrogens is 5. The fraction of sp³-hybridized carbons (Fsp3) is 0.455. The number of nitrogens with zero attached hydrogens (tertiary/aromatic N) is 6. The molecule has 1 amide bonds. The van der Waals surface area contributed by atoms with Gasteiger partial charge in [-0.3, -0.25) is 14.0 Å². The van der Waals surface area contributed by atoms with Gasteiger partial charge in [-0.2, -0.15) is 10.2 Å². The fourth-order valence-electron chi connectivity index (χ4n) is 4.78. The van der Waals surface area contributed by atoms with Gasteiger partial charge >= 0.3 is 5.69 Å². The highest BCUT2D eigenvalue weighted by Gasteiger charge is 2.41. The summed E-state index contributed by atoms with van der Waals surface area (Å²) in [6, 6.07) is 10.1.